The molecule has 0 saturated carbocycles. The van der Waals surface area contributed by atoms with Crippen LogP contribution in [0.1, 0.15) is 39.2 Å². The second kappa shape index (κ2) is 5.79. The first kappa shape index (κ1) is 15.1. The lowest BCUT2D eigenvalue weighted by atomic mass is 10.1. The number of carboxylic acids is 1. The molecule has 0 bridgehead atoms. The minimum atomic E-state index is -1.09. The molecule has 2 aromatic rings. The van der Waals surface area contributed by atoms with Crippen LogP contribution in [-0.2, 0) is 12.8 Å². The van der Waals surface area contributed by atoms with Gasteiger partial charge in [-0.25, -0.2) is 4.79 Å². The molecule has 0 atom stereocenters. The number of methoxy groups -OCH3 is 1. The van der Waals surface area contributed by atoms with E-state index in [-0.39, 0.29) is 17.2 Å². The van der Waals surface area contributed by atoms with Gasteiger partial charge in [-0.05, 0) is 30.2 Å². The lowest BCUT2D eigenvalue weighted by Gasteiger charge is -2.16. The van der Waals surface area contributed by atoms with Gasteiger partial charge in [0.15, 0.2) is 5.76 Å². The van der Waals surface area contributed by atoms with Crippen LogP contribution in [0.15, 0.2) is 28.7 Å². The maximum atomic E-state index is 12.7. The fourth-order valence-corrected chi connectivity index (χ4v) is 2.83. The number of aryl methyl sites for hydroxylation is 1. The second-order valence-electron chi connectivity index (χ2n) is 5.31. The van der Waals surface area contributed by atoms with Crippen LogP contribution in [0, 0.1) is 0 Å². The Hall–Kier alpha value is -2.76. The van der Waals surface area contributed by atoms with E-state index >= 15 is 0 Å². The van der Waals surface area contributed by atoms with Crippen molar-refractivity contribution in [1.82, 2.24) is 0 Å². The smallest absolute Gasteiger partial charge is 0.339 e. The van der Waals surface area contributed by atoms with E-state index < -0.39 is 5.97 Å². The lowest BCUT2D eigenvalue weighted by Crippen LogP contribution is -2.28. The number of hydrogen-bond acceptors (Lipinski definition) is 4. The number of carbonyl (C=O) groups excluding carboxylic acids is 1. The summed E-state index contributed by atoms with van der Waals surface area (Å²) in [6.45, 7) is 2.32. The van der Waals surface area contributed by atoms with E-state index in [0.717, 1.165) is 23.4 Å². The number of benzene rings is 1. The average Bonchev–Trinajstić information content (AvgIpc) is 3.17. The predicted octanol–water partition coefficient (Wildman–Crippen LogP) is 2.75. The number of rotatable bonds is 4. The van der Waals surface area contributed by atoms with Gasteiger partial charge in [0.05, 0.1) is 7.11 Å². The molecule has 0 aliphatic carbocycles. The third-order valence-electron chi connectivity index (χ3n) is 4.00. The SMILES string of the molecule is CCc1oc(C(=O)N2CCc3cc(OC)ccc32)cc1C(=O)O. The van der Waals surface area contributed by atoms with Crippen LogP contribution in [0.5, 0.6) is 5.75 Å². The van der Waals surface area contributed by atoms with Crippen molar-refractivity contribution in [3.05, 3.63) is 46.9 Å². The predicted molar refractivity (Wildman–Crippen MR) is 83.4 cm³/mol. The molecule has 1 N–H and O–H groups in total. The van der Waals surface area contributed by atoms with Gasteiger partial charge in [0.1, 0.15) is 17.1 Å². The van der Waals surface area contributed by atoms with Crippen molar-refractivity contribution in [3.8, 4) is 5.75 Å². The van der Waals surface area contributed by atoms with Gasteiger partial charge in [0.2, 0.25) is 0 Å². The number of nitrogens with zero attached hydrogens (tertiary/aromatic N) is 1. The number of furan rings is 1. The van der Waals surface area contributed by atoms with Gasteiger partial charge in [-0.15, -0.1) is 0 Å². The van der Waals surface area contributed by atoms with Crippen molar-refractivity contribution in [2.45, 2.75) is 19.8 Å². The highest BCUT2D eigenvalue weighted by Gasteiger charge is 2.29. The Labute approximate surface area is 133 Å². The molecule has 0 spiro atoms. The van der Waals surface area contributed by atoms with Gasteiger partial charge in [0, 0.05) is 24.7 Å². The first-order valence-corrected chi connectivity index (χ1v) is 7.40. The number of anilines is 1. The fraction of sp³-hybridized carbons (Fsp3) is 0.294. The molecule has 6 nitrogen and oxygen atoms in total. The standard InChI is InChI=1S/C17H17NO5/c1-3-14-12(17(20)21)9-15(23-14)16(19)18-7-6-10-8-11(22-2)4-5-13(10)18/h4-5,8-9H,3,6-7H2,1-2H3,(H,20,21). The molecule has 1 aliphatic heterocycles. The highest BCUT2D eigenvalue weighted by molar-refractivity contribution is 6.06. The summed E-state index contributed by atoms with van der Waals surface area (Å²) in [5.41, 5.74) is 1.88. The first-order chi connectivity index (χ1) is 11.0. The molecular formula is C17H17NO5. The molecule has 1 amide bonds. The van der Waals surface area contributed by atoms with Gasteiger partial charge in [0.25, 0.3) is 5.91 Å². The molecule has 0 saturated heterocycles. The summed E-state index contributed by atoms with van der Waals surface area (Å²) < 4.78 is 10.7. The van der Waals surface area contributed by atoms with Crippen molar-refractivity contribution in [2.75, 3.05) is 18.6 Å². The van der Waals surface area contributed by atoms with Gasteiger partial charge in [-0.2, -0.15) is 0 Å². The van der Waals surface area contributed by atoms with Crippen molar-refractivity contribution in [2.24, 2.45) is 0 Å². The molecule has 1 aliphatic rings. The molecule has 0 fully saturated rings. The highest BCUT2D eigenvalue weighted by atomic mass is 16.5. The van der Waals surface area contributed by atoms with E-state index in [1.54, 1.807) is 25.0 Å². The van der Waals surface area contributed by atoms with Crippen LogP contribution in [0.3, 0.4) is 0 Å². The van der Waals surface area contributed by atoms with Crippen LogP contribution in [-0.4, -0.2) is 30.6 Å². The summed E-state index contributed by atoms with van der Waals surface area (Å²) in [4.78, 5) is 25.5. The Balaban J connectivity index is 1.93. The number of amides is 1. The average molecular weight is 315 g/mol. The van der Waals surface area contributed by atoms with E-state index in [0.29, 0.717) is 18.7 Å². The number of carbonyl (C=O) groups is 2. The van der Waals surface area contributed by atoms with E-state index in [4.69, 9.17) is 9.15 Å². The van der Waals surface area contributed by atoms with Crippen molar-refractivity contribution >= 4 is 17.6 Å². The number of carboxylic acid groups (broad SMARTS) is 1. The van der Waals surface area contributed by atoms with Crippen molar-refractivity contribution in [3.63, 3.8) is 0 Å². The monoisotopic (exact) mass is 315 g/mol. The zero-order valence-electron chi connectivity index (χ0n) is 13.0. The molecule has 1 aromatic carbocycles. The summed E-state index contributed by atoms with van der Waals surface area (Å²) in [5, 5.41) is 9.17. The maximum absolute atomic E-state index is 12.7. The molecule has 1 aromatic heterocycles. The Morgan fingerprint density at radius 2 is 2.13 bits per heavy atom. The summed E-state index contributed by atoms with van der Waals surface area (Å²) in [6, 6.07) is 6.85. The fourth-order valence-electron chi connectivity index (χ4n) is 2.83. The minimum Gasteiger partial charge on any atom is -0.497 e. The molecule has 23 heavy (non-hydrogen) atoms. The first-order valence-electron chi connectivity index (χ1n) is 7.40. The zero-order chi connectivity index (χ0) is 16.6. The number of aromatic carboxylic acids is 1. The maximum Gasteiger partial charge on any atom is 0.339 e. The Bertz CT molecular complexity index is 777. The topological polar surface area (TPSA) is 80.0 Å². The third kappa shape index (κ3) is 2.56. The van der Waals surface area contributed by atoms with Crippen LogP contribution in [0.2, 0.25) is 0 Å². The van der Waals surface area contributed by atoms with E-state index in [9.17, 15) is 14.7 Å². The van der Waals surface area contributed by atoms with Crippen molar-refractivity contribution < 1.29 is 23.8 Å². The van der Waals surface area contributed by atoms with E-state index in [1.165, 1.54) is 6.07 Å². The summed E-state index contributed by atoms with van der Waals surface area (Å²) in [6.07, 6.45) is 1.15. The highest BCUT2D eigenvalue weighted by Crippen LogP contribution is 2.32. The summed E-state index contributed by atoms with van der Waals surface area (Å²) >= 11 is 0. The minimum absolute atomic E-state index is 0.0463. The Morgan fingerprint density at radius 3 is 2.74 bits per heavy atom. The second-order valence-corrected chi connectivity index (χ2v) is 5.31. The quantitative estimate of drug-likeness (QED) is 0.938. The normalized spacial score (nSPS) is 13.0. The zero-order valence-corrected chi connectivity index (χ0v) is 13.0. The molecule has 2 heterocycles. The van der Waals surface area contributed by atoms with Gasteiger partial charge in [-0.3, -0.25) is 4.79 Å². The Morgan fingerprint density at radius 1 is 1.35 bits per heavy atom. The van der Waals surface area contributed by atoms with E-state index in [2.05, 4.69) is 0 Å². The molecule has 0 unspecified atom stereocenters. The summed E-state index contributed by atoms with van der Waals surface area (Å²) in [5.74, 6) is -0.289. The molecule has 0 radical (unpaired) electrons. The van der Waals surface area contributed by atoms with Gasteiger partial charge >= 0.3 is 5.97 Å². The van der Waals surface area contributed by atoms with Gasteiger partial charge < -0.3 is 19.2 Å². The molecule has 6 heteroatoms. The molecule has 120 valence electrons. The van der Waals surface area contributed by atoms with Crippen LogP contribution < -0.4 is 9.64 Å². The molecule has 3 rings (SSSR count). The summed E-state index contributed by atoms with van der Waals surface area (Å²) in [7, 11) is 1.60. The number of fused-ring (bicyclic) bond motifs is 1. The van der Waals surface area contributed by atoms with Crippen molar-refractivity contribution in [1.29, 1.82) is 0 Å². The number of ether oxygens (including phenoxy) is 1. The van der Waals surface area contributed by atoms with Crippen LogP contribution in [0.4, 0.5) is 5.69 Å². The lowest BCUT2D eigenvalue weighted by molar-refractivity contribution is 0.0694. The largest absolute Gasteiger partial charge is 0.497 e. The number of hydrogen-bond donors (Lipinski definition) is 1. The third-order valence-corrected chi connectivity index (χ3v) is 4.00. The molecular weight excluding hydrogens is 298 g/mol. The van der Waals surface area contributed by atoms with Crippen LogP contribution >= 0.6 is 0 Å². The Kier molecular flexibility index (Phi) is 3.82. The van der Waals surface area contributed by atoms with E-state index in [1.807, 2.05) is 12.1 Å². The van der Waals surface area contributed by atoms with Gasteiger partial charge in [-0.1, -0.05) is 6.92 Å². The van der Waals surface area contributed by atoms with Crippen LogP contribution in [0.25, 0.3) is 0 Å².